The van der Waals surface area contributed by atoms with Crippen molar-refractivity contribution in [2.75, 3.05) is 59.7 Å². The van der Waals surface area contributed by atoms with Gasteiger partial charge in [-0.1, -0.05) is 39.8 Å². The van der Waals surface area contributed by atoms with E-state index >= 15 is 0 Å². The van der Waals surface area contributed by atoms with E-state index in [9.17, 15) is 19.2 Å². The number of methoxy groups -OCH3 is 1. The van der Waals surface area contributed by atoms with Gasteiger partial charge in [0.15, 0.2) is 23.0 Å². The molecule has 0 saturated carbocycles. The first-order valence-corrected chi connectivity index (χ1v) is 19.1. The molecule has 2 aromatic carbocycles. The van der Waals surface area contributed by atoms with Crippen LogP contribution in [0.4, 0.5) is 4.79 Å². The SMILES string of the molecule is COC(=O)N[C@H](C(=O)N1CCOC[C@H]1C1=NCC(c2ccc3c(c2)Oc2ccc(C4CN=C([C@@H]5COCCN5C(=O)[C@@H](NC=O)C(C)C)N4)cc2O3)N1)C(C)C. The number of alkyl carbamates (subject to hydrolysis) is 1. The zero-order valence-corrected chi connectivity index (χ0v) is 32.3. The maximum Gasteiger partial charge on any atom is 0.407 e. The minimum absolute atomic E-state index is 0.0761. The number of nitrogens with zero attached hydrogens (tertiary/aromatic N) is 4. The average molecular weight is 775 g/mol. The topological polar surface area (TPSA) is 194 Å². The lowest BCUT2D eigenvalue weighted by molar-refractivity contribution is -0.142. The second-order valence-corrected chi connectivity index (χ2v) is 15.1. The molecule has 2 fully saturated rings. The molecule has 2 aromatic rings. The summed E-state index contributed by atoms with van der Waals surface area (Å²) in [6.07, 6.45) is -0.0874. The van der Waals surface area contributed by atoms with Crippen LogP contribution in [-0.4, -0.2) is 130 Å². The van der Waals surface area contributed by atoms with Gasteiger partial charge in [-0.05, 0) is 47.2 Å². The molecule has 17 nitrogen and oxygen atoms in total. The third kappa shape index (κ3) is 7.95. The van der Waals surface area contributed by atoms with Crippen molar-refractivity contribution in [1.82, 2.24) is 31.1 Å². The molecule has 2 unspecified atom stereocenters. The predicted octanol–water partition coefficient (Wildman–Crippen LogP) is 2.28. The van der Waals surface area contributed by atoms with Gasteiger partial charge in [-0.25, -0.2) is 4.79 Å². The van der Waals surface area contributed by atoms with Crippen molar-refractivity contribution in [3.05, 3.63) is 47.5 Å². The number of carbonyl (C=O) groups excluding carboxylic acids is 4. The second-order valence-electron chi connectivity index (χ2n) is 15.1. The number of hydrogen-bond acceptors (Lipinski definition) is 13. The first-order chi connectivity index (χ1) is 27.1. The monoisotopic (exact) mass is 774 g/mol. The molecule has 0 aliphatic carbocycles. The highest BCUT2D eigenvalue weighted by Gasteiger charge is 2.40. The fourth-order valence-corrected chi connectivity index (χ4v) is 7.61. The van der Waals surface area contributed by atoms with Crippen molar-refractivity contribution >= 4 is 36.0 Å². The number of ether oxygens (including phenoxy) is 5. The number of amides is 4. The Kier molecular flexibility index (Phi) is 11.6. The number of aliphatic imine (C=N–C) groups is 2. The Morgan fingerprint density at radius 2 is 1.25 bits per heavy atom. The highest BCUT2D eigenvalue weighted by Crippen LogP contribution is 2.47. The number of hydrogen-bond donors (Lipinski definition) is 4. The molecule has 17 heteroatoms. The maximum atomic E-state index is 13.7. The molecule has 56 heavy (non-hydrogen) atoms. The molecule has 5 aliphatic heterocycles. The van der Waals surface area contributed by atoms with Gasteiger partial charge in [-0.3, -0.25) is 24.4 Å². The van der Waals surface area contributed by atoms with E-state index in [4.69, 9.17) is 33.7 Å². The minimum atomic E-state index is -0.756. The lowest BCUT2D eigenvalue weighted by atomic mass is 10.0. The third-order valence-corrected chi connectivity index (χ3v) is 10.7. The first kappa shape index (κ1) is 38.8. The zero-order chi connectivity index (χ0) is 39.5. The summed E-state index contributed by atoms with van der Waals surface area (Å²) < 4.78 is 29.0. The molecule has 0 radical (unpaired) electrons. The van der Waals surface area contributed by atoms with E-state index in [1.807, 2.05) is 64.1 Å². The largest absolute Gasteiger partial charge is 0.453 e. The molecule has 5 aliphatic rings. The van der Waals surface area contributed by atoms with Crippen LogP contribution < -0.4 is 30.7 Å². The highest BCUT2D eigenvalue weighted by atomic mass is 16.6. The van der Waals surface area contributed by atoms with E-state index in [1.165, 1.54) is 7.11 Å². The van der Waals surface area contributed by atoms with Crippen LogP contribution in [0.2, 0.25) is 0 Å². The molecule has 5 heterocycles. The van der Waals surface area contributed by atoms with E-state index in [-0.39, 0.29) is 42.3 Å². The van der Waals surface area contributed by atoms with E-state index < -0.39 is 30.3 Å². The Morgan fingerprint density at radius 1 is 0.768 bits per heavy atom. The van der Waals surface area contributed by atoms with Crippen molar-refractivity contribution in [2.45, 2.75) is 63.9 Å². The quantitative estimate of drug-likeness (QED) is 0.209. The minimum Gasteiger partial charge on any atom is -0.453 e. The van der Waals surface area contributed by atoms with Gasteiger partial charge in [0.2, 0.25) is 18.2 Å². The summed E-state index contributed by atoms with van der Waals surface area (Å²) in [6, 6.07) is 9.02. The smallest absolute Gasteiger partial charge is 0.407 e. The molecule has 0 bridgehead atoms. The molecule has 300 valence electrons. The van der Waals surface area contributed by atoms with Crippen LogP contribution in [0.1, 0.15) is 50.9 Å². The molecule has 0 aromatic heterocycles. The molecule has 7 rings (SSSR count). The number of benzene rings is 2. The van der Waals surface area contributed by atoms with Crippen molar-refractivity contribution in [2.24, 2.45) is 21.8 Å². The summed E-state index contributed by atoms with van der Waals surface area (Å²) in [5.41, 5.74) is 1.89. The van der Waals surface area contributed by atoms with Gasteiger partial charge < -0.3 is 54.8 Å². The van der Waals surface area contributed by atoms with E-state index in [0.717, 1.165) is 11.1 Å². The van der Waals surface area contributed by atoms with E-state index in [1.54, 1.807) is 9.80 Å². The fourth-order valence-electron chi connectivity index (χ4n) is 7.61. The summed E-state index contributed by atoms with van der Waals surface area (Å²) in [5, 5.41) is 12.4. The van der Waals surface area contributed by atoms with Crippen molar-refractivity contribution in [3.8, 4) is 23.0 Å². The number of rotatable bonds is 11. The molecule has 2 saturated heterocycles. The van der Waals surface area contributed by atoms with Crippen LogP contribution in [0.5, 0.6) is 23.0 Å². The average Bonchev–Trinajstić information content (AvgIpc) is 3.91. The van der Waals surface area contributed by atoms with Gasteiger partial charge in [0.25, 0.3) is 0 Å². The first-order valence-electron chi connectivity index (χ1n) is 19.1. The zero-order valence-electron chi connectivity index (χ0n) is 32.3. The Labute approximate surface area is 325 Å². The number of carbonyl (C=O) groups is 4. The van der Waals surface area contributed by atoms with Crippen molar-refractivity contribution < 1.29 is 42.9 Å². The summed E-state index contributed by atoms with van der Waals surface area (Å²) in [5.74, 6) is 2.99. The van der Waals surface area contributed by atoms with E-state index in [2.05, 4.69) is 21.3 Å². The van der Waals surface area contributed by atoms with Gasteiger partial charge in [0.05, 0.1) is 58.7 Å². The van der Waals surface area contributed by atoms with Crippen LogP contribution >= 0.6 is 0 Å². The lowest BCUT2D eigenvalue weighted by Gasteiger charge is -2.38. The lowest BCUT2D eigenvalue weighted by Crippen LogP contribution is -2.60. The molecule has 4 N–H and O–H groups in total. The standard InChI is InChI=1S/C39H50N8O9/c1-21(2)33(42-20-48)37(49)46-10-12-53-18-27(46)35-40-16-25(43-35)23-6-8-29-31(14-23)55-30-9-7-24(15-32(30)56-29)26-17-41-36(44-26)28-19-54-13-11-47(28)38(50)34(22(3)4)45-39(51)52-5/h6-9,14-15,20-22,25-28,33-34H,10-13,16-19H2,1-5H3,(H,40,43)(H,41,44)(H,42,48)(H,45,51)/t25?,26?,27-,28-,33-,34-/m0/s1. The van der Waals surface area contributed by atoms with Gasteiger partial charge in [0.1, 0.15) is 35.8 Å². The normalized spacial score (nSPS) is 23.9. The Bertz CT molecular complexity index is 1890. The maximum absolute atomic E-state index is 13.7. The summed E-state index contributed by atoms with van der Waals surface area (Å²) in [4.78, 5) is 63.5. The van der Waals surface area contributed by atoms with Gasteiger partial charge in [0, 0.05) is 13.1 Å². The van der Waals surface area contributed by atoms with Crippen LogP contribution in [0, 0.1) is 11.8 Å². The Morgan fingerprint density at radius 3 is 1.70 bits per heavy atom. The molecule has 6 atom stereocenters. The van der Waals surface area contributed by atoms with Gasteiger partial charge in [-0.15, -0.1) is 0 Å². The molecular weight excluding hydrogens is 724 g/mol. The summed E-state index contributed by atoms with van der Waals surface area (Å²) >= 11 is 0. The van der Waals surface area contributed by atoms with Crippen LogP contribution in [0.25, 0.3) is 0 Å². The highest BCUT2D eigenvalue weighted by molar-refractivity contribution is 5.96. The third-order valence-electron chi connectivity index (χ3n) is 10.7. The number of morpholine rings is 2. The number of nitrogens with one attached hydrogen (secondary N) is 4. The Hall–Kier alpha value is -5.42. The Balaban J connectivity index is 0.984. The van der Waals surface area contributed by atoms with Crippen molar-refractivity contribution in [1.29, 1.82) is 0 Å². The molecule has 0 spiro atoms. The van der Waals surface area contributed by atoms with Gasteiger partial charge >= 0.3 is 6.09 Å². The van der Waals surface area contributed by atoms with Crippen LogP contribution in [0.15, 0.2) is 46.4 Å². The van der Waals surface area contributed by atoms with Crippen molar-refractivity contribution in [3.63, 3.8) is 0 Å². The summed E-state index contributed by atoms with van der Waals surface area (Å²) in [6.45, 7) is 10.6. The molecular formula is C39H50N8O9. The van der Waals surface area contributed by atoms with Crippen LogP contribution in [0.3, 0.4) is 0 Å². The fraction of sp³-hybridized carbons (Fsp3) is 0.538. The molecule has 4 amide bonds. The number of amidine groups is 2. The van der Waals surface area contributed by atoms with Gasteiger partial charge in [-0.2, -0.15) is 0 Å². The summed E-state index contributed by atoms with van der Waals surface area (Å²) in [7, 11) is 1.27. The number of fused-ring (bicyclic) bond motifs is 2. The van der Waals surface area contributed by atoms with E-state index in [0.29, 0.717) is 87.1 Å². The second kappa shape index (κ2) is 16.8. The predicted molar refractivity (Wildman–Crippen MR) is 204 cm³/mol. The van der Waals surface area contributed by atoms with Crippen LogP contribution in [-0.2, 0) is 28.6 Å².